The van der Waals surface area contributed by atoms with Gasteiger partial charge < -0.3 is 9.30 Å². The van der Waals surface area contributed by atoms with Gasteiger partial charge in [-0.05, 0) is 31.5 Å². The number of hydrogen-bond donors (Lipinski definition) is 0. The Balaban J connectivity index is 2.78. The predicted octanol–water partition coefficient (Wildman–Crippen LogP) is 2.68. The zero-order chi connectivity index (χ0) is 14.2. The van der Waals surface area contributed by atoms with Crippen LogP contribution in [-0.2, 0) is 11.8 Å². The highest BCUT2D eigenvalue weighted by Gasteiger charge is 2.16. The van der Waals surface area contributed by atoms with Crippen LogP contribution in [0, 0.1) is 6.92 Å². The fraction of sp³-hybridized carbons (Fsp3) is 0.286. The first-order valence-electron chi connectivity index (χ1n) is 5.92. The Labute approximate surface area is 115 Å². The molecule has 19 heavy (non-hydrogen) atoms. The molecule has 0 fully saturated rings. The van der Waals surface area contributed by atoms with Crippen molar-refractivity contribution < 1.29 is 9.53 Å². The molecule has 0 radical (unpaired) electrons. The van der Waals surface area contributed by atoms with E-state index in [1.54, 1.807) is 30.7 Å². The molecule has 2 aromatic rings. The molecule has 0 amide bonds. The number of nitrogens with zero attached hydrogens (tertiary/aromatic N) is 1. The Kier molecular flexibility index (Phi) is 3.62. The van der Waals surface area contributed by atoms with Crippen LogP contribution in [0.3, 0.4) is 0 Å². The Hall–Kier alpha value is -1.81. The lowest BCUT2D eigenvalue weighted by Crippen LogP contribution is -2.20. The van der Waals surface area contributed by atoms with Crippen LogP contribution in [0.25, 0.3) is 10.9 Å². The van der Waals surface area contributed by atoms with Crippen molar-refractivity contribution in [1.29, 1.82) is 0 Å². The molecule has 0 bridgehead atoms. The van der Waals surface area contributed by atoms with Crippen molar-refractivity contribution in [3.63, 3.8) is 0 Å². The van der Waals surface area contributed by atoms with Crippen LogP contribution in [0.2, 0.25) is 5.02 Å². The van der Waals surface area contributed by atoms with Crippen molar-refractivity contribution in [1.82, 2.24) is 4.57 Å². The number of ether oxygens (including phenoxy) is 1. The van der Waals surface area contributed by atoms with Gasteiger partial charge in [0.25, 0.3) is 0 Å². The number of esters is 1. The number of carbonyl (C=O) groups is 1. The number of fused-ring (bicyclic) bond motifs is 1. The van der Waals surface area contributed by atoms with E-state index in [0.717, 1.165) is 5.56 Å². The second-order valence-electron chi connectivity index (χ2n) is 4.32. The Morgan fingerprint density at radius 2 is 2.11 bits per heavy atom. The van der Waals surface area contributed by atoms with Gasteiger partial charge in [-0.25, -0.2) is 4.79 Å². The summed E-state index contributed by atoms with van der Waals surface area (Å²) in [5.74, 6) is -0.599. The van der Waals surface area contributed by atoms with Crippen LogP contribution in [-0.4, -0.2) is 17.1 Å². The molecule has 1 aromatic carbocycles. The van der Waals surface area contributed by atoms with Crippen molar-refractivity contribution in [2.45, 2.75) is 13.8 Å². The van der Waals surface area contributed by atoms with Crippen molar-refractivity contribution in [3.05, 3.63) is 44.7 Å². The standard InChI is InChI=1S/C14H14ClNO3/c1-4-19-14(18)10-7-16(3)12-6-11(15)8(2)5-9(12)13(10)17/h5-7H,4H2,1-3H3. The summed E-state index contributed by atoms with van der Waals surface area (Å²) < 4.78 is 6.59. The molecule has 0 saturated heterocycles. The number of hydrogen-bond acceptors (Lipinski definition) is 3. The van der Waals surface area contributed by atoms with Crippen LogP contribution in [0.5, 0.6) is 0 Å². The zero-order valence-corrected chi connectivity index (χ0v) is 11.7. The summed E-state index contributed by atoms with van der Waals surface area (Å²) >= 11 is 6.06. The molecule has 0 aliphatic heterocycles. The van der Waals surface area contributed by atoms with Crippen molar-refractivity contribution in [3.8, 4) is 0 Å². The molecule has 0 unspecified atom stereocenters. The molecule has 4 nitrogen and oxygen atoms in total. The SMILES string of the molecule is CCOC(=O)c1cn(C)c2cc(Cl)c(C)cc2c1=O. The summed E-state index contributed by atoms with van der Waals surface area (Å²) in [4.78, 5) is 24.1. The zero-order valence-electron chi connectivity index (χ0n) is 11.0. The maximum absolute atomic E-state index is 12.3. The average Bonchev–Trinajstić information content (AvgIpc) is 2.36. The second-order valence-corrected chi connectivity index (χ2v) is 4.73. The number of aromatic nitrogens is 1. The van der Waals surface area contributed by atoms with Gasteiger partial charge in [-0.3, -0.25) is 4.79 Å². The van der Waals surface area contributed by atoms with E-state index in [0.29, 0.717) is 15.9 Å². The largest absolute Gasteiger partial charge is 0.462 e. The lowest BCUT2D eigenvalue weighted by atomic mass is 10.1. The van der Waals surface area contributed by atoms with Gasteiger partial charge in [-0.2, -0.15) is 0 Å². The summed E-state index contributed by atoms with van der Waals surface area (Å²) in [5.41, 5.74) is 1.20. The molecular weight excluding hydrogens is 266 g/mol. The Morgan fingerprint density at radius 3 is 2.74 bits per heavy atom. The molecule has 0 aliphatic rings. The molecule has 0 spiro atoms. The minimum Gasteiger partial charge on any atom is -0.462 e. The van der Waals surface area contributed by atoms with Gasteiger partial charge in [0.2, 0.25) is 5.43 Å². The summed E-state index contributed by atoms with van der Waals surface area (Å²) in [6.07, 6.45) is 1.48. The maximum atomic E-state index is 12.3. The van der Waals surface area contributed by atoms with E-state index in [1.165, 1.54) is 6.20 Å². The molecule has 2 rings (SSSR count). The van der Waals surface area contributed by atoms with Crippen LogP contribution >= 0.6 is 11.6 Å². The van der Waals surface area contributed by atoms with Gasteiger partial charge in [0.05, 0.1) is 12.1 Å². The van der Waals surface area contributed by atoms with Gasteiger partial charge >= 0.3 is 5.97 Å². The van der Waals surface area contributed by atoms with Gasteiger partial charge in [0.15, 0.2) is 0 Å². The third-order valence-electron chi connectivity index (χ3n) is 2.96. The van der Waals surface area contributed by atoms with E-state index >= 15 is 0 Å². The quantitative estimate of drug-likeness (QED) is 0.794. The predicted molar refractivity (Wildman–Crippen MR) is 74.9 cm³/mol. The van der Waals surface area contributed by atoms with Crippen LogP contribution in [0.1, 0.15) is 22.8 Å². The monoisotopic (exact) mass is 279 g/mol. The summed E-state index contributed by atoms with van der Waals surface area (Å²) in [7, 11) is 1.76. The highest BCUT2D eigenvalue weighted by atomic mass is 35.5. The van der Waals surface area contributed by atoms with Crippen LogP contribution in [0.15, 0.2) is 23.1 Å². The van der Waals surface area contributed by atoms with E-state index < -0.39 is 5.97 Å². The maximum Gasteiger partial charge on any atom is 0.343 e. The summed E-state index contributed by atoms with van der Waals surface area (Å²) in [6, 6.07) is 3.42. The molecular formula is C14H14ClNO3. The van der Waals surface area contributed by atoms with E-state index in [9.17, 15) is 9.59 Å². The number of benzene rings is 1. The van der Waals surface area contributed by atoms with Gasteiger partial charge in [0, 0.05) is 23.7 Å². The lowest BCUT2D eigenvalue weighted by Gasteiger charge is -2.10. The minimum atomic E-state index is -0.599. The third kappa shape index (κ3) is 2.36. The highest BCUT2D eigenvalue weighted by molar-refractivity contribution is 6.32. The fourth-order valence-electron chi connectivity index (χ4n) is 1.97. The van der Waals surface area contributed by atoms with Crippen molar-refractivity contribution in [2.24, 2.45) is 7.05 Å². The first-order chi connectivity index (χ1) is 8.95. The number of rotatable bonds is 2. The normalized spacial score (nSPS) is 10.7. The smallest absolute Gasteiger partial charge is 0.343 e. The van der Waals surface area contributed by atoms with E-state index in [2.05, 4.69) is 0 Å². The van der Waals surface area contributed by atoms with Crippen LogP contribution < -0.4 is 5.43 Å². The molecule has 1 aromatic heterocycles. The summed E-state index contributed by atoms with van der Waals surface area (Å²) in [6.45, 7) is 3.76. The van der Waals surface area contributed by atoms with E-state index in [-0.39, 0.29) is 17.6 Å². The topological polar surface area (TPSA) is 48.3 Å². The lowest BCUT2D eigenvalue weighted by molar-refractivity contribution is 0.0524. The molecule has 0 aliphatic carbocycles. The number of carbonyl (C=O) groups excluding carboxylic acids is 1. The molecule has 1 heterocycles. The van der Waals surface area contributed by atoms with Crippen LogP contribution in [0.4, 0.5) is 0 Å². The number of pyridine rings is 1. The number of halogens is 1. The van der Waals surface area contributed by atoms with Gasteiger partial charge in [-0.1, -0.05) is 11.6 Å². The van der Waals surface area contributed by atoms with E-state index in [1.807, 2.05) is 6.92 Å². The van der Waals surface area contributed by atoms with Gasteiger partial charge in [-0.15, -0.1) is 0 Å². The number of aryl methyl sites for hydroxylation is 2. The summed E-state index contributed by atoms with van der Waals surface area (Å²) in [5, 5.41) is 1.06. The Bertz CT molecular complexity index is 719. The molecule has 0 N–H and O–H groups in total. The first kappa shape index (κ1) is 13.6. The molecule has 5 heteroatoms. The minimum absolute atomic E-state index is 0.0403. The van der Waals surface area contributed by atoms with Crippen molar-refractivity contribution in [2.75, 3.05) is 6.61 Å². The molecule has 0 atom stereocenters. The molecule has 100 valence electrons. The average molecular weight is 280 g/mol. The van der Waals surface area contributed by atoms with E-state index in [4.69, 9.17) is 16.3 Å². The third-order valence-corrected chi connectivity index (χ3v) is 3.37. The first-order valence-corrected chi connectivity index (χ1v) is 6.30. The van der Waals surface area contributed by atoms with Crippen molar-refractivity contribution >= 4 is 28.5 Å². The second kappa shape index (κ2) is 5.05. The fourth-order valence-corrected chi connectivity index (χ4v) is 2.12. The Morgan fingerprint density at radius 1 is 1.42 bits per heavy atom. The highest BCUT2D eigenvalue weighted by Crippen LogP contribution is 2.21. The molecule has 0 saturated carbocycles. The van der Waals surface area contributed by atoms with Gasteiger partial charge in [0.1, 0.15) is 5.56 Å².